The first-order chi connectivity index (χ1) is 7.43. The molecule has 0 spiro atoms. The normalized spacial score (nSPS) is 19.7. The standard InChI is InChI=1S/C12H17N3/c1-2-4-11-10(3-1)12(15-8-14-11)13-7-9-5-6-9/h8-9H,1-7H2,(H,13,14,15). The van der Waals surface area contributed by atoms with E-state index in [9.17, 15) is 0 Å². The maximum absolute atomic E-state index is 4.37. The van der Waals surface area contributed by atoms with Crippen LogP contribution in [0.3, 0.4) is 0 Å². The molecule has 0 saturated heterocycles. The Bertz CT molecular complexity index is 358. The van der Waals surface area contributed by atoms with Crippen molar-refractivity contribution in [2.45, 2.75) is 38.5 Å². The van der Waals surface area contributed by atoms with Gasteiger partial charge in [-0.05, 0) is 44.4 Å². The number of aryl methyl sites for hydroxylation is 1. The Hall–Kier alpha value is -1.12. The minimum absolute atomic E-state index is 0.902. The lowest BCUT2D eigenvalue weighted by Crippen LogP contribution is -2.13. The highest BCUT2D eigenvalue weighted by molar-refractivity contribution is 5.47. The van der Waals surface area contributed by atoms with Crippen LogP contribution < -0.4 is 5.32 Å². The highest BCUT2D eigenvalue weighted by atomic mass is 15.0. The topological polar surface area (TPSA) is 37.8 Å². The number of nitrogens with zero attached hydrogens (tertiary/aromatic N) is 2. The summed E-state index contributed by atoms with van der Waals surface area (Å²) in [5.41, 5.74) is 2.65. The molecule has 1 aromatic heterocycles. The zero-order valence-corrected chi connectivity index (χ0v) is 9.00. The van der Waals surface area contributed by atoms with Gasteiger partial charge < -0.3 is 5.32 Å². The maximum Gasteiger partial charge on any atom is 0.132 e. The second-order valence-electron chi connectivity index (χ2n) is 4.68. The van der Waals surface area contributed by atoms with Gasteiger partial charge >= 0.3 is 0 Å². The van der Waals surface area contributed by atoms with Crippen LogP contribution in [-0.2, 0) is 12.8 Å². The van der Waals surface area contributed by atoms with Crippen LogP contribution in [0.4, 0.5) is 5.82 Å². The molecule has 0 amide bonds. The average Bonchev–Trinajstić information content (AvgIpc) is 3.10. The number of anilines is 1. The van der Waals surface area contributed by atoms with E-state index in [1.807, 2.05) is 0 Å². The first-order valence-corrected chi connectivity index (χ1v) is 6.00. The second-order valence-corrected chi connectivity index (χ2v) is 4.68. The van der Waals surface area contributed by atoms with Crippen LogP contribution in [0, 0.1) is 5.92 Å². The lowest BCUT2D eigenvalue weighted by Gasteiger charge is -2.17. The number of nitrogens with one attached hydrogen (secondary N) is 1. The van der Waals surface area contributed by atoms with Gasteiger partial charge in [0, 0.05) is 17.8 Å². The van der Waals surface area contributed by atoms with Crippen LogP contribution in [0.5, 0.6) is 0 Å². The van der Waals surface area contributed by atoms with Gasteiger partial charge in [-0.3, -0.25) is 0 Å². The molecule has 3 heteroatoms. The molecule has 1 heterocycles. The van der Waals surface area contributed by atoms with E-state index in [0.717, 1.165) is 31.1 Å². The van der Waals surface area contributed by atoms with Gasteiger partial charge in [-0.25, -0.2) is 9.97 Å². The van der Waals surface area contributed by atoms with Gasteiger partial charge in [-0.2, -0.15) is 0 Å². The molecule has 3 nitrogen and oxygen atoms in total. The average molecular weight is 203 g/mol. The van der Waals surface area contributed by atoms with E-state index in [4.69, 9.17) is 0 Å². The number of hydrogen-bond donors (Lipinski definition) is 1. The van der Waals surface area contributed by atoms with Crippen LogP contribution >= 0.6 is 0 Å². The van der Waals surface area contributed by atoms with Crippen molar-refractivity contribution in [1.82, 2.24) is 9.97 Å². The summed E-state index contributed by atoms with van der Waals surface area (Å²) in [6.07, 6.45) is 9.35. The van der Waals surface area contributed by atoms with Crippen molar-refractivity contribution in [3.63, 3.8) is 0 Å². The smallest absolute Gasteiger partial charge is 0.132 e. The van der Waals surface area contributed by atoms with Crippen molar-refractivity contribution in [2.24, 2.45) is 5.92 Å². The van der Waals surface area contributed by atoms with Crippen molar-refractivity contribution in [1.29, 1.82) is 0 Å². The minimum Gasteiger partial charge on any atom is -0.369 e. The Morgan fingerprint density at radius 3 is 2.93 bits per heavy atom. The molecular weight excluding hydrogens is 186 g/mol. The number of hydrogen-bond acceptors (Lipinski definition) is 3. The molecule has 0 unspecified atom stereocenters. The van der Waals surface area contributed by atoms with Gasteiger partial charge in [0.15, 0.2) is 0 Å². The molecule has 0 aliphatic heterocycles. The molecule has 1 saturated carbocycles. The van der Waals surface area contributed by atoms with Crippen molar-refractivity contribution in [2.75, 3.05) is 11.9 Å². The number of aromatic nitrogens is 2. The zero-order chi connectivity index (χ0) is 10.1. The summed E-state index contributed by atoms with van der Waals surface area (Å²) in [7, 11) is 0. The summed E-state index contributed by atoms with van der Waals surface area (Å²) in [4.78, 5) is 8.74. The third-order valence-electron chi connectivity index (χ3n) is 3.38. The lowest BCUT2D eigenvalue weighted by atomic mass is 9.96. The summed E-state index contributed by atoms with van der Waals surface area (Å²) in [5, 5.41) is 3.48. The fraction of sp³-hybridized carbons (Fsp3) is 0.667. The Morgan fingerprint density at radius 1 is 1.20 bits per heavy atom. The second kappa shape index (κ2) is 3.80. The molecule has 0 bridgehead atoms. The molecule has 1 aromatic rings. The highest BCUT2D eigenvalue weighted by Crippen LogP contribution is 2.30. The minimum atomic E-state index is 0.902. The van der Waals surface area contributed by atoms with Gasteiger partial charge in [0.05, 0.1) is 0 Å². The van der Waals surface area contributed by atoms with Gasteiger partial charge in [-0.1, -0.05) is 0 Å². The molecule has 15 heavy (non-hydrogen) atoms. The molecule has 0 aromatic carbocycles. The van der Waals surface area contributed by atoms with Gasteiger partial charge in [0.1, 0.15) is 12.1 Å². The molecule has 0 radical (unpaired) electrons. The fourth-order valence-electron chi connectivity index (χ4n) is 2.24. The zero-order valence-electron chi connectivity index (χ0n) is 9.00. The Balaban J connectivity index is 1.79. The van der Waals surface area contributed by atoms with E-state index in [0.29, 0.717) is 0 Å². The molecule has 3 rings (SSSR count). The van der Waals surface area contributed by atoms with E-state index in [2.05, 4.69) is 15.3 Å². The predicted molar refractivity (Wildman–Crippen MR) is 59.9 cm³/mol. The van der Waals surface area contributed by atoms with Crippen LogP contribution in [0.25, 0.3) is 0 Å². The largest absolute Gasteiger partial charge is 0.369 e. The van der Waals surface area contributed by atoms with E-state index in [1.165, 1.54) is 36.9 Å². The van der Waals surface area contributed by atoms with Crippen molar-refractivity contribution >= 4 is 5.82 Å². The monoisotopic (exact) mass is 203 g/mol. The Labute approximate surface area is 90.3 Å². The van der Waals surface area contributed by atoms with E-state index in [-0.39, 0.29) is 0 Å². The van der Waals surface area contributed by atoms with Crippen molar-refractivity contribution in [3.8, 4) is 0 Å². The molecule has 2 aliphatic carbocycles. The summed E-state index contributed by atoms with van der Waals surface area (Å²) in [5.74, 6) is 2.01. The van der Waals surface area contributed by atoms with E-state index in [1.54, 1.807) is 6.33 Å². The quantitative estimate of drug-likeness (QED) is 0.818. The molecule has 1 fully saturated rings. The van der Waals surface area contributed by atoms with Crippen LogP contribution in [0.15, 0.2) is 6.33 Å². The Morgan fingerprint density at radius 2 is 2.07 bits per heavy atom. The molecule has 80 valence electrons. The SMILES string of the molecule is c1nc2c(c(NCC3CC3)n1)CCCC2. The first-order valence-electron chi connectivity index (χ1n) is 6.00. The van der Waals surface area contributed by atoms with Gasteiger partial charge in [0.25, 0.3) is 0 Å². The lowest BCUT2D eigenvalue weighted by molar-refractivity contribution is 0.662. The van der Waals surface area contributed by atoms with Crippen LogP contribution in [0.1, 0.15) is 36.9 Å². The summed E-state index contributed by atoms with van der Waals surface area (Å²) < 4.78 is 0. The third kappa shape index (κ3) is 1.96. The van der Waals surface area contributed by atoms with Gasteiger partial charge in [0.2, 0.25) is 0 Å². The van der Waals surface area contributed by atoms with Crippen molar-refractivity contribution in [3.05, 3.63) is 17.6 Å². The van der Waals surface area contributed by atoms with E-state index >= 15 is 0 Å². The summed E-state index contributed by atoms with van der Waals surface area (Å²) in [6.45, 7) is 1.10. The maximum atomic E-state index is 4.37. The molecule has 2 aliphatic rings. The van der Waals surface area contributed by atoms with E-state index < -0.39 is 0 Å². The fourth-order valence-corrected chi connectivity index (χ4v) is 2.24. The Kier molecular flexibility index (Phi) is 2.31. The predicted octanol–water partition coefficient (Wildman–Crippen LogP) is 2.18. The highest BCUT2D eigenvalue weighted by Gasteiger charge is 2.22. The third-order valence-corrected chi connectivity index (χ3v) is 3.38. The van der Waals surface area contributed by atoms with Crippen LogP contribution in [-0.4, -0.2) is 16.5 Å². The van der Waals surface area contributed by atoms with Gasteiger partial charge in [-0.15, -0.1) is 0 Å². The first kappa shape index (κ1) is 9.13. The summed E-state index contributed by atoms with van der Waals surface area (Å²) >= 11 is 0. The number of fused-ring (bicyclic) bond motifs is 1. The summed E-state index contributed by atoms with van der Waals surface area (Å²) in [6, 6.07) is 0. The van der Waals surface area contributed by atoms with Crippen LogP contribution in [0.2, 0.25) is 0 Å². The molecule has 0 atom stereocenters. The number of rotatable bonds is 3. The molecular formula is C12H17N3. The molecule has 1 N–H and O–H groups in total. The van der Waals surface area contributed by atoms with Crippen molar-refractivity contribution < 1.29 is 0 Å².